The molecule has 0 aliphatic carbocycles. The predicted molar refractivity (Wildman–Crippen MR) is 196 cm³/mol. The largest absolute Gasteiger partial charge is 0.456 e. The van der Waals surface area contributed by atoms with Gasteiger partial charge in [0.25, 0.3) is 0 Å². The summed E-state index contributed by atoms with van der Waals surface area (Å²) in [5, 5.41) is 9.54. The number of furan rings is 1. The van der Waals surface area contributed by atoms with E-state index in [0.29, 0.717) is 22.5 Å². The van der Waals surface area contributed by atoms with Crippen LogP contribution in [0.5, 0.6) is 0 Å². The van der Waals surface area contributed by atoms with Crippen LogP contribution in [0, 0.1) is 0 Å². The molecule has 6 heteroatoms. The Balaban J connectivity index is 1.24. The maximum Gasteiger partial charge on any atom is 0.164 e. The molecule has 0 unspecified atom stereocenters. The highest BCUT2D eigenvalue weighted by molar-refractivity contribution is 7.25. The first-order valence-corrected chi connectivity index (χ1v) is 16.6. The third-order valence-electron chi connectivity index (χ3n) is 8.98. The second-order valence-corrected chi connectivity index (χ2v) is 13.2. The molecule has 0 atom stereocenters. The van der Waals surface area contributed by atoms with Crippen molar-refractivity contribution in [2.45, 2.75) is 0 Å². The lowest BCUT2D eigenvalue weighted by Crippen LogP contribution is -2.00. The predicted octanol–water partition coefficient (Wildman–Crippen LogP) is 12.1. The number of benzene rings is 7. The zero-order chi connectivity index (χ0) is 31.1. The van der Waals surface area contributed by atoms with Gasteiger partial charge in [-0.25, -0.2) is 15.0 Å². The fraction of sp³-hybridized carbons (Fsp3) is 0. The molecule has 10 aromatic rings. The number of fused-ring (bicyclic) bond motifs is 9. The van der Waals surface area contributed by atoms with Crippen molar-refractivity contribution in [1.29, 1.82) is 0 Å². The minimum absolute atomic E-state index is 0.588. The molecule has 0 fully saturated rings. The van der Waals surface area contributed by atoms with Crippen molar-refractivity contribution >= 4 is 86.6 Å². The Hall–Kier alpha value is -5.62. The molecule has 0 aliphatic rings. The summed E-state index contributed by atoms with van der Waals surface area (Å²) in [4.78, 5) is 15.5. The van der Waals surface area contributed by atoms with Crippen molar-refractivity contribution in [1.82, 2.24) is 15.0 Å². The van der Waals surface area contributed by atoms with Gasteiger partial charge in [-0.05, 0) is 64.0 Å². The van der Waals surface area contributed by atoms with Crippen LogP contribution in [-0.4, -0.2) is 15.0 Å². The molecule has 7 aromatic carbocycles. The molecule has 3 aromatic heterocycles. The zero-order valence-electron chi connectivity index (χ0n) is 24.7. The molecule has 47 heavy (non-hydrogen) atoms. The van der Waals surface area contributed by atoms with Crippen LogP contribution in [0.3, 0.4) is 0 Å². The second-order valence-electron chi connectivity index (χ2n) is 11.7. The topological polar surface area (TPSA) is 51.8 Å². The number of nitrogens with zero attached hydrogens (tertiary/aromatic N) is 3. The van der Waals surface area contributed by atoms with E-state index in [1.54, 1.807) is 11.3 Å². The molecule has 3 heterocycles. The average Bonchev–Trinajstić information content (AvgIpc) is 3.69. The Morgan fingerprint density at radius 2 is 1.17 bits per heavy atom. The Kier molecular flexibility index (Phi) is 5.77. The van der Waals surface area contributed by atoms with Crippen LogP contribution in [0.25, 0.3) is 97.8 Å². The normalized spacial score (nSPS) is 11.9. The van der Waals surface area contributed by atoms with Crippen molar-refractivity contribution in [3.8, 4) is 34.2 Å². The lowest BCUT2D eigenvalue weighted by Gasteiger charge is -2.11. The van der Waals surface area contributed by atoms with E-state index in [0.717, 1.165) is 65.6 Å². The second kappa shape index (κ2) is 10.2. The molecule has 0 bridgehead atoms. The summed E-state index contributed by atoms with van der Waals surface area (Å²) in [7, 11) is 0. The van der Waals surface area contributed by atoms with E-state index in [9.17, 15) is 0 Å². The van der Waals surface area contributed by atoms with Gasteiger partial charge in [0.1, 0.15) is 11.2 Å². The summed E-state index contributed by atoms with van der Waals surface area (Å²) in [6, 6.07) is 45.8. The van der Waals surface area contributed by atoms with Crippen LogP contribution in [0.1, 0.15) is 0 Å². The summed E-state index contributed by atoms with van der Waals surface area (Å²) in [6.07, 6.45) is 0. The van der Waals surface area contributed by atoms with Crippen LogP contribution >= 0.6 is 22.9 Å². The Bertz CT molecular complexity index is 2880. The molecular weight excluding hydrogens is 618 g/mol. The zero-order valence-corrected chi connectivity index (χ0v) is 26.3. The van der Waals surface area contributed by atoms with Gasteiger partial charge < -0.3 is 4.42 Å². The molecule has 0 saturated carbocycles. The molecule has 0 aliphatic heterocycles. The van der Waals surface area contributed by atoms with E-state index in [-0.39, 0.29) is 0 Å². The fourth-order valence-electron chi connectivity index (χ4n) is 6.83. The Labute approximate surface area is 277 Å². The van der Waals surface area contributed by atoms with E-state index in [2.05, 4.69) is 103 Å². The van der Waals surface area contributed by atoms with Crippen LogP contribution < -0.4 is 0 Å². The minimum atomic E-state index is 0.588. The highest BCUT2D eigenvalue weighted by Gasteiger charge is 2.19. The standard InChI is InChI=1S/C41H22ClN3OS/c42-26-18-15-24-17-20-33-37(32(24)22-26)29-19-16-25(21-34(29)46-33)39-43-40(28-11-5-8-23-7-1-2-9-27(23)28)45-41(44-39)31-12-6-14-36-38(31)30-10-3-4-13-35(30)47-36/h1-22H. The maximum absolute atomic E-state index is 6.43. The fourth-order valence-corrected chi connectivity index (χ4v) is 8.14. The van der Waals surface area contributed by atoms with Gasteiger partial charge in [-0.3, -0.25) is 0 Å². The molecule has 220 valence electrons. The first kappa shape index (κ1) is 26.6. The first-order chi connectivity index (χ1) is 23.2. The number of hydrogen-bond acceptors (Lipinski definition) is 5. The van der Waals surface area contributed by atoms with Crippen molar-refractivity contribution in [3.63, 3.8) is 0 Å². The Morgan fingerprint density at radius 1 is 0.468 bits per heavy atom. The first-order valence-electron chi connectivity index (χ1n) is 15.4. The van der Waals surface area contributed by atoms with Gasteiger partial charge in [0, 0.05) is 52.7 Å². The number of halogens is 1. The summed E-state index contributed by atoms with van der Waals surface area (Å²) in [6.45, 7) is 0. The lowest BCUT2D eigenvalue weighted by molar-refractivity contribution is 0.669. The summed E-state index contributed by atoms with van der Waals surface area (Å²) in [5.41, 5.74) is 4.38. The van der Waals surface area contributed by atoms with E-state index in [4.69, 9.17) is 31.0 Å². The highest BCUT2D eigenvalue weighted by Crippen LogP contribution is 2.41. The number of thiophene rings is 1. The van der Waals surface area contributed by atoms with E-state index in [1.165, 1.54) is 14.8 Å². The van der Waals surface area contributed by atoms with Crippen molar-refractivity contribution in [2.24, 2.45) is 0 Å². The number of rotatable bonds is 3. The molecular formula is C41H22ClN3OS. The van der Waals surface area contributed by atoms with Crippen molar-refractivity contribution in [3.05, 3.63) is 138 Å². The Morgan fingerprint density at radius 3 is 2.11 bits per heavy atom. The van der Waals surface area contributed by atoms with Crippen molar-refractivity contribution < 1.29 is 4.42 Å². The third kappa shape index (κ3) is 4.17. The van der Waals surface area contributed by atoms with Gasteiger partial charge in [0.2, 0.25) is 0 Å². The van der Waals surface area contributed by atoms with Gasteiger partial charge in [-0.2, -0.15) is 0 Å². The van der Waals surface area contributed by atoms with Gasteiger partial charge in [0.05, 0.1) is 0 Å². The van der Waals surface area contributed by atoms with Gasteiger partial charge >= 0.3 is 0 Å². The molecule has 4 nitrogen and oxygen atoms in total. The van der Waals surface area contributed by atoms with Gasteiger partial charge in [-0.1, -0.05) is 103 Å². The molecule has 0 spiro atoms. The lowest BCUT2D eigenvalue weighted by atomic mass is 10.0. The maximum atomic E-state index is 6.43. The summed E-state index contributed by atoms with van der Waals surface area (Å²) >= 11 is 8.20. The number of hydrogen-bond donors (Lipinski definition) is 0. The summed E-state index contributed by atoms with van der Waals surface area (Å²) in [5.74, 6) is 1.85. The minimum Gasteiger partial charge on any atom is -0.456 e. The average molecular weight is 640 g/mol. The molecule has 0 N–H and O–H groups in total. The molecule has 0 radical (unpaired) electrons. The highest BCUT2D eigenvalue weighted by atomic mass is 35.5. The monoisotopic (exact) mass is 639 g/mol. The molecule has 0 amide bonds. The van der Waals surface area contributed by atoms with Crippen molar-refractivity contribution in [2.75, 3.05) is 0 Å². The summed E-state index contributed by atoms with van der Waals surface area (Å²) < 4.78 is 8.87. The number of aromatic nitrogens is 3. The van der Waals surface area contributed by atoms with Gasteiger partial charge in [0.15, 0.2) is 17.5 Å². The van der Waals surface area contributed by atoms with Crippen LogP contribution in [0.2, 0.25) is 5.02 Å². The molecule has 0 saturated heterocycles. The van der Waals surface area contributed by atoms with Crippen LogP contribution in [0.15, 0.2) is 138 Å². The smallest absolute Gasteiger partial charge is 0.164 e. The van der Waals surface area contributed by atoms with E-state index >= 15 is 0 Å². The third-order valence-corrected chi connectivity index (χ3v) is 10.4. The van der Waals surface area contributed by atoms with Crippen LogP contribution in [0.4, 0.5) is 0 Å². The molecule has 10 rings (SSSR count). The van der Waals surface area contributed by atoms with Gasteiger partial charge in [-0.15, -0.1) is 11.3 Å². The van der Waals surface area contributed by atoms with E-state index < -0.39 is 0 Å². The SMILES string of the molecule is Clc1ccc2ccc3oc4cc(-c5nc(-c6cccc7ccccc67)nc(-c6cccc7sc8ccccc8c67)n5)ccc4c3c2c1. The van der Waals surface area contributed by atoms with E-state index in [1.807, 2.05) is 30.3 Å². The quantitative estimate of drug-likeness (QED) is 0.193. The van der Waals surface area contributed by atoms with Crippen LogP contribution in [-0.2, 0) is 0 Å².